The highest BCUT2D eigenvalue weighted by molar-refractivity contribution is 7.16. The molecule has 1 N–H and O–H groups in total. The van der Waals surface area contributed by atoms with E-state index in [9.17, 15) is 14.4 Å². The van der Waals surface area contributed by atoms with Crippen molar-refractivity contribution in [1.82, 2.24) is 20.1 Å². The molecular formula is C17H18N4O3S. The summed E-state index contributed by atoms with van der Waals surface area (Å²) in [6.07, 6.45) is 0.930. The smallest absolute Gasteiger partial charge is 0.325 e. The van der Waals surface area contributed by atoms with E-state index in [1.54, 1.807) is 21.4 Å². The summed E-state index contributed by atoms with van der Waals surface area (Å²) in [5.74, 6) is -0.282. The van der Waals surface area contributed by atoms with Crippen LogP contribution >= 0.6 is 11.3 Å². The second kappa shape index (κ2) is 5.80. The first kappa shape index (κ1) is 16.0. The lowest BCUT2D eigenvalue weighted by molar-refractivity contribution is -0.128. The molecule has 1 aromatic carbocycles. The Kier molecular flexibility index (Phi) is 3.72. The summed E-state index contributed by atoms with van der Waals surface area (Å²) in [5, 5.41) is 2.41. The molecule has 2 aliphatic rings. The highest BCUT2D eigenvalue weighted by atomic mass is 32.1. The number of carbonyl (C=O) groups excluding carboxylic acids is 3. The third-order valence-electron chi connectivity index (χ3n) is 5.18. The van der Waals surface area contributed by atoms with Gasteiger partial charge in [-0.05, 0) is 38.0 Å². The van der Waals surface area contributed by atoms with Crippen molar-refractivity contribution in [1.29, 1.82) is 0 Å². The van der Waals surface area contributed by atoms with Crippen molar-refractivity contribution < 1.29 is 14.4 Å². The minimum absolute atomic E-state index is 0.0436. The Bertz CT molecular complexity index is 870. The second-order valence-corrected chi connectivity index (χ2v) is 7.25. The number of likely N-dealkylation sites (N-methyl/N-ethyl adjacent to an activating group) is 1. The molecular weight excluding hydrogens is 340 g/mol. The maximum atomic E-state index is 12.8. The zero-order valence-corrected chi connectivity index (χ0v) is 14.6. The van der Waals surface area contributed by atoms with Gasteiger partial charge in [0.25, 0.3) is 11.8 Å². The van der Waals surface area contributed by atoms with Gasteiger partial charge in [0.05, 0.1) is 15.7 Å². The molecule has 25 heavy (non-hydrogen) atoms. The lowest BCUT2D eigenvalue weighted by Crippen LogP contribution is -2.57. The van der Waals surface area contributed by atoms with Gasteiger partial charge in [0.1, 0.15) is 5.54 Å². The third kappa shape index (κ3) is 2.39. The van der Waals surface area contributed by atoms with Crippen LogP contribution in [0.5, 0.6) is 0 Å². The molecule has 0 unspecified atom stereocenters. The molecule has 2 aliphatic heterocycles. The van der Waals surface area contributed by atoms with E-state index in [4.69, 9.17) is 0 Å². The number of hydrogen-bond acceptors (Lipinski definition) is 5. The fraction of sp³-hybridized carbons (Fsp3) is 0.412. The molecule has 0 atom stereocenters. The summed E-state index contributed by atoms with van der Waals surface area (Å²) in [5.41, 5.74) is 2.48. The lowest BCUT2D eigenvalue weighted by atomic mass is 9.86. The molecule has 1 spiro atoms. The molecule has 0 saturated carbocycles. The van der Waals surface area contributed by atoms with Gasteiger partial charge in [0.15, 0.2) is 0 Å². The number of amides is 4. The lowest BCUT2D eigenvalue weighted by Gasteiger charge is -2.41. The van der Waals surface area contributed by atoms with E-state index < -0.39 is 5.54 Å². The molecule has 2 fully saturated rings. The van der Waals surface area contributed by atoms with Crippen molar-refractivity contribution in [3.8, 4) is 0 Å². The first-order valence-electron chi connectivity index (χ1n) is 8.31. The average molecular weight is 358 g/mol. The Labute approximate surface area is 148 Å². The molecule has 0 bridgehead atoms. The van der Waals surface area contributed by atoms with Gasteiger partial charge in [0.2, 0.25) is 0 Å². The fourth-order valence-electron chi connectivity index (χ4n) is 3.79. The Morgan fingerprint density at radius 3 is 2.80 bits per heavy atom. The number of benzene rings is 1. The summed E-state index contributed by atoms with van der Waals surface area (Å²) in [4.78, 5) is 44.6. The number of thiazole rings is 1. The number of hydrogen-bond donors (Lipinski definition) is 1. The van der Waals surface area contributed by atoms with E-state index in [0.29, 0.717) is 38.0 Å². The quantitative estimate of drug-likeness (QED) is 0.831. The van der Waals surface area contributed by atoms with E-state index in [0.717, 1.165) is 10.2 Å². The van der Waals surface area contributed by atoms with Gasteiger partial charge in [-0.25, -0.2) is 9.78 Å². The zero-order chi connectivity index (χ0) is 17.6. The summed E-state index contributed by atoms with van der Waals surface area (Å²) >= 11 is 1.51. The van der Waals surface area contributed by atoms with Gasteiger partial charge >= 0.3 is 6.03 Å². The number of fused-ring (bicyclic) bond motifs is 1. The highest BCUT2D eigenvalue weighted by Gasteiger charge is 2.53. The summed E-state index contributed by atoms with van der Waals surface area (Å²) in [6.45, 7) is 3.25. The molecule has 4 rings (SSSR count). The molecule has 0 radical (unpaired) electrons. The largest absolute Gasteiger partial charge is 0.338 e. The van der Waals surface area contributed by atoms with Crippen LogP contribution in [0.3, 0.4) is 0 Å². The monoisotopic (exact) mass is 358 g/mol. The van der Waals surface area contributed by atoms with Gasteiger partial charge < -0.3 is 9.80 Å². The van der Waals surface area contributed by atoms with Crippen molar-refractivity contribution in [2.45, 2.75) is 25.3 Å². The second-order valence-electron chi connectivity index (χ2n) is 6.36. The van der Waals surface area contributed by atoms with Crippen molar-refractivity contribution in [2.24, 2.45) is 0 Å². The van der Waals surface area contributed by atoms with Crippen LogP contribution in [0.25, 0.3) is 10.2 Å². The highest BCUT2D eigenvalue weighted by Crippen LogP contribution is 2.33. The van der Waals surface area contributed by atoms with Crippen LogP contribution in [0.2, 0.25) is 0 Å². The minimum Gasteiger partial charge on any atom is -0.338 e. The van der Waals surface area contributed by atoms with Crippen molar-refractivity contribution in [2.75, 3.05) is 19.6 Å². The SMILES string of the molecule is CCN1C(=O)NC(=O)C12CCN(C(=O)c1ccc3ncsc3c1)CC2. The van der Waals surface area contributed by atoms with Crippen LogP contribution in [-0.2, 0) is 4.79 Å². The molecule has 7 nitrogen and oxygen atoms in total. The molecule has 0 aliphatic carbocycles. The first-order valence-corrected chi connectivity index (χ1v) is 9.19. The number of imide groups is 1. The normalized spacial score (nSPS) is 19.7. The van der Waals surface area contributed by atoms with Crippen molar-refractivity contribution >= 4 is 39.4 Å². The van der Waals surface area contributed by atoms with E-state index in [1.807, 2.05) is 19.1 Å². The van der Waals surface area contributed by atoms with Crippen LogP contribution < -0.4 is 5.32 Å². The van der Waals surface area contributed by atoms with E-state index in [2.05, 4.69) is 10.3 Å². The molecule has 130 valence electrons. The van der Waals surface area contributed by atoms with Gasteiger partial charge in [-0.1, -0.05) is 0 Å². The minimum atomic E-state index is -0.801. The number of urea groups is 1. The van der Waals surface area contributed by atoms with E-state index in [1.165, 1.54) is 11.3 Å². The number of aromatic nitrogens is 1. The predicted octanol–water partition coefficient (Wildman–Crippen LogP) is 1.84. The van der Waals surface area contributed by atoms with Gasteiger partial charge in [-0.3, -0.25) is 14.9 Å². The fourth-order valence-corrected chi connectivity index (χ4v) is 4.51. The van der Waals surface area contributed by atoms with Crippen molar-refractivity contribution in [3.05, 3.63) is 29.3 Å². The standard InChI is InChI=1S/C17H18N4O3S/c1-2-21-16(24)19-15(23)17(21)5-7-20(8-6-17)14(22)11-3-4-12-13(9-11)25-10-18-12/h3-4,9-10H,2,5-8H2,1H3,(H,19,23,24). The van der Waals surface area contributed by atoms with Crippen LogP contribution in [0, 0.1) is 0 Å². The number of rotatable bonds is 2. The molecule has 2 saturated heterocycles. The summed E-state index contributed by atoms with van der Waals surface area (Å²) in [6, 6.07) is 5.18. The van der Waals surface area contributed by atoms with E-state index >= 15 is 0 Å². The maximum Gasteiger partial charge on any atom is 0.325 e. The molecule has 4 amide bonds. The van der Waals surface area contributed by atoms with Crippen LogP contribution in [0.1, 0.15) is 30.1 Å². The summed E-state index contributed by atoms with van der Waals surface area (Å²) in [7, 11) is 0. The Morgan fingerprint density at radius 2 is 2.08 bits per heavy atom. The first-order chi connectivity index (χ1) is 12.0. The van der Waals surface area contributed by atoms with Gasteiger partial charge in [-0.2, -0.15) is 0 Å². The Balaban J connectivity index is 1.52. The average Bonchev–Trinajstić information content (AvgIpc) is 3.17. The molecule has 1 aromatic heterocycles. The zero-order valence-electron chi connectivity index (χ0n) is 13.8. The van der Waals surface area contributed by atoms with Gasteiger partial charge in [-0.15, -0.1) is 11.3 Å². The summed E-state index contributed by atoms with van der Waals surface area (Å²) < 4.78 is 0.984. The number of nitrogens with zero attached hydrogens (tertiary/aromatic N) is 3. The van der Waals surface area contributed by atoms with Crippen LogP contribution in [0.4, 0.5) is 4.79 Å². The number of carbonyl (C=O) groups is 3. The van der Waals surface area contributed by atoms with Crippen LogP contribution in [0.15, 0.2) is 23.7 Å². The number of piperidine rings is 1. The van der Waals surface area contributed by atoms with E-state index in [-0.39, 0.29) is 17.8 Å². The van der Waals surface area contributed by atoms with Gasteiger partial charge in [0, 0.05) is 25.2 Å². The molecule has 3 heterocycles. The molecule has 2 aromatic rings. The Morgan fingerprint density at radius 1 is 1.32 bits per heavy atom. The topological polar surface area (TPSA) is 82.6 Å². The Hall–Kier alpha value is -2.48. The third-order valence-corrected chi connectivity index (χ3v) is 5.97. The number of likely N-dealkylation sites (tertiary alicyclic amines) is 1. The molecule has 8 heteroatoms. The number of nitrogens with one attached hydrogen (secondary N) is 1. The van der Waals surface area contributed by atoms with Crippen LogP contribution in [-0.4, -0.2) is 57.8 Å². The predicted molar refractivity (Wildman–Crippen MR) is 93.4 cm³/mol. The maximum absolute atomic E-state index is 12.8. The van der Waals surface area contributed by atoms with Crippen molar-refractivity contribution in [3.63, 3.8) is 0 Å².